The molecule has 0 fully saturated rings. The Bertz CT molecular complexity index is 386. The van der Waals surface area contributed by atoms with Crippen LogP contribution in [0.1, 0.15) is 96.8 Å². The molecule has 148 valence electrons. The van der Waals surface area contributed by atoms with Crippen molar-refractivity contribution in [2.45, 2.75) is 103 Å². The Balaban J connectivity index is 0. The fourth-order valence-electron chi connectivity index (χ4n) is 3.21. The van der Waals surface area contributed by atoms with Crippen LogP contribution < -0.4 is 44.3 Å². The monoisotopic (exact) mass is 478 g/mol. The number of aryl methyl sites for hydroxylation is 1. The van der Waals surface area contributed by atoms with E-state index in [0.29, 0.717) is 0 Å². The fraction of sp³-hybridized carbons (Fsp3) is 0.762. The fourth-order valence-corrected chi connectivity index (χ4v) is 3.21. The van der Waals surface area contributed by atoms with Gasteiger partial charge in [0.05, 0.1) is 6.07 Å². The number of unbranched alkanes of at least 4 members (excludes halogenated alkanes) is 13. The first-order chi connectivity index (χ1) is 11.3. The van der Waals surface area contributed by atoms with Crippen LogP contribution in [0.15, 0.2) is 24.4 Å². The van der Waals surface area contributed by atoms with Gasteiger partial charge in [0, 0.05) is 12.5 Å². The van der Waals surface area contributed by atoms with Crippen LogP contribution in [0.3, 0.4) is 0 Å². The molecular formula is C21H40Br2N2. The SMILES string of the molecule is CCCCCCCCCCCCCCCC[n+]1ccccc1[NH3+].[Br-].[Br-]. The maximum Gasteiger partial charge on any atom is 0.363 e. The standard InChI is InChI=1S/C21H38N2.2BrH/c1-2-3-4-5-6-7-8-9-10-11-12-13-14-16-19-23-20-17-15-18-21(23)22;;/h15,17-18,20,22H,2-14,16,19H2,1H3;2*1H. The molecule has 0 bridgehead atoms. The van der Waals surface area contributed by atoms with Crippen molar-refractivity contribution in [1.82, 2.24) is 0 Å². The first-order valence-electron chi connectivity index (χ1n) is 10.1. The van der Waals surface area contributed by atoms with Crippen molar-refractivity contribution in [3.05, 3.63) is 24.4 Å². The lowest BCUT2D eigenvalue weighted by Crippen LogP contribution is -3.00. The second kappa shape index (κ2) is 20.4. The van der Waals surface area contributed by atoms with Gasteiger partial charge < -0.3 is 34.0 Å². The zero-order valence-electron chi connectivity index (χ0n) is 16.3. The highest BCUT2D eigenvalue weighted by Gasteiger charge is 2.06. The average molecular weight is 480 g/mol. The summed E-state index contributed by atoms with van der Waals surface area (Å²) in [7, 11) is 0. The van der Waals surface area contributed by atoms with E-state index >= 15 is 0 Å². The van der Waals surface area contributed by atoms with Crippen molar-refractivity contribution in [2.24, 2.45) is 0 Å². The highest BCUT2D eigenvalue weighted by molar-refractivity contribution is 5.06. The number of aromatic nitrogens is 1. The molecule has 0 atom stereocenters. The highest BCUT2D eigenvalue weighted by Crippen LogP contribution is 2.12. The Kier molecular flexibility index (Phi) is 22.3. The quantitative estimate of drug-likeness (QED) is 0.256. The largest absolute Gasteiger partial charge is 1.00 e. The first kappa shape index (κ1) is 27.3. The zero-order valence-corrected chi connectivity index (χ0v) is 19.5. The van der Waals surface area contributed by atoms with Gasteiger partial charge in [0.1, 0.15) is 0 Å². The number of hydrogen-bond donors (Lipinski definition) is 1. The third-order valence-electron chi connectivity index (χ3n) is 4.79. The molecule has 0 unspecified atom stereocenters. The third kappa shape index (κ3) is 16.0. The van der Waals surface area contributed by atoms with E-state index in [1.165, 1.54) is 89.9 Å². The molecule has 1 aromatic rings. The van der Waals surface area contributed by atoms with E-state index in [-0.39, 0.29) is 34.0 Å². The summed E-state index contributed by atoms with van der Waals surface area (Å²) >= 11 is 0. The predicted molar refractivity (Wildman–Crippen MR) is 99.5 cm³/mol. The van der Waals surface area contributed by atoms with Crippen molar-refractivity contribution in [2.75, 3.05) is 0 Å². The van der Waals surface area contributed by atoms with Crippen LogP contribution in [0.5, 0.6) is 0 Å². The molecule has 0 saturated heterocycles. The van der Waals surface area contributed by atoms with Crippen molar-refractivity contribution in [3.63, 3.8) is 0 Å². The molecule has 4 heteroatoms. The number of hydrogen-bond acceptors (Lipinski definition) is 0. The van der Waals surface area contributed by atoms with Crippen molar-refractivity contribution in [1.29, 1.82) is 0 Å². The summed E-state index contributed by atoms with van der Waals surface area (Å²) in [5.41, 5.74) is 4.07. The second-order valence-corrected chi connectivity index (χ2v) is 6.98. The van der Waals surface area contributed by atoms with E-state index in [0.717, 1.165) is 12.4 Å². The lowest BCUT2D eigenvalue weighted by molar-refractivity contribution is -0.725. The number of halogens is 2. The second-order valence-electron chi connectivity index (χ2n) is 6.98. The van der Waals surface area contributed by atoms with Crippen LogP contribution in [0.25, 0.3) is 0 Å². The number of nitrogens with zero attached hydrogens (tertiary/aromatic N) is 1. The molecule has 0 spiro atoms. The van der Waals surface area contributed by atoms with Crippen LogP contribution in [0.2, 0.25) is 0 Å². The maximum absolute atomic E-state index is 4.07. The minimum Gasteiger partial charge on any atom is -1.00 e. The van der Waals surface area contributed by atoms with Gasteiger partial charge in [-0.1, -0.05) is 84.0 Å². The van der Waals surface area contributed by atoms with Crippen LogP contribution in [0, 0.1) is 0 Å². The summed E-state index contributed by atoms with van der Waals surface area (Å²) < 4.78 is 2.26. The Hall–Kier alpha value is 0.0700. The minimum atomic E-state index is 0. The van der Waals surface area contributed by atoms with E-state index in [9.17, 15) is 0 Å². The minimum absolute atomic E-state index is 0. The molecule has 0 aromatic carbocycles. The van der Waals surface area contributed by atoms with Gasteiger partial charge in [-0.05, 0) is 12.5 Å². The van der Waals surface area contributed by atoms with Gasteiger partial charge in [0.15, 0.2) is 12.7 Å². The molecule has 0 amide bonds. The third-order valence-corrected chi connectivity index (χ3v) is 4.79. The summed E-state index contributed by atoms with van der Waals surface area (Å²) in [6, 6.07) is 6.24. The molecule has 0 saturated carbocycles. The molecule has 0 aliphatic rings. The lowest BCUT2D eigenvalue weighted by atomic mass is 10.0. The van der Waals surface area contributed by atoms with Crippen LogP contribution in [-0.2, 0) is 6.54 Å². The summed E-state index contributed by atoms with van der Waals surface area (Å²) in [6.07, 6.45) is 22.1. The van der Waals surface area contributed by atoms with E-state index in [1.807, 2.05) is 0 Å². The Morgan fingerprint density at radius 3 is 1.56 bits per heavy atom. The van der Waals surface area contributed by atoms with Crippen molar-refractivity contribution in [3.8, 4) is 0 Å². The molecule has 1 rings (SSSR count). The van der Waals surface area contributed by atoms with E-state index in [4.69, 9.17) is 0 Å². The smallest absolute Gasteiger partial charge is 0.363 e. The van der Waals surface area contributed by atoms with Gasteiger partial charge in [-0.25, -0.2) is 0 Å². The summed E-state index contributed by atoms with van der Waals surface area (Å²) in [5, 5.41) is 0. The molecule has 2 nitrogen and oxygen atoms in total. The lowest BCUT2D eigenvalue weighted by Gasteiger charge is -2.03. The van der Waals surface area contributed by atoms with Crippen molar-refractivity contribution < 1.29 is 44.3 Å². The van der Waals surface area contributed by atoms with Gasteiger partial charge in [-0.2, -0.15) is 4.57 Å². The molecule has 0 radical (unpaired) electrons. The topological polar surface area (TPSA) is 31.5 Å². The van der Waals surface area contributed by atoms with Gasteiger partial charge in [-0.15, -0.1) is 0 Å². The maximum atomic E-state index is 4.07. The van der Waals surface area contributed by atoms with Gasteiger partial charge >= 0.3 is 5.82 Å². The summed E-state index contributed by atoms with van der Waals surface area (Å²) in [6.45, 7) is 3.41. The molecule has 1 aromatic heterocycles. The van der Waals surface area contributed by atoms with Gasteiger partial charge in [-0.3, -0.25) is 5.73 Å². The van der Waals surface area contributed by atoms with Crippen molar-refractivity contribution >= 4 is 5.82 Å². The number of quaternary nitrogens is 1. The molecule has 0 aliphatic carbocycles. The number of pyridine rings is 1. The molecule has 25 heavy (non-hydrogen) atoms. The number of rotatable bonds is 15. The molecule has 0 aliphatic heterocycles. The predicted octanol–water partition coefficient (Wildman–Crippen LogP) is -0.663. The Morgan fingerprint density at radius 2 is 1.12 bits per heavy atom. The molecule has 3 N–H and O–H groups in total. The summed E-state index contributed by atoms with van der Waals surface area (Å²) in [5.74, 6) is 1.13. The van der Waals surface area contributed by atoms with Crippen LogP contribution in [0.4, 0.5) is 5.82 Å². The van der Waals surface area contributed by atoms with E-state index in [2.05, 4.69) is 41.6 Å². The Labute approximate surface area is 177 Å². The van der Waals surface area contributed by atoms with E-state index in [1.54, 1.807) is 0 Å². The molecular weight excluding hydrogens is 440 g/mol. The van der Waals surface area contributed by atoms with Gasteiger partial charge in [0.2, 0.25) is 0 Å². The normalized spacial score (nSPS) is 10.2. The Morgan fingerprint density at radius 1 is 0.680 bits per heavy atom. The van der Waals surface area contributed by atoms with Crippen LogP contribution in [-0.4, -0.2) is 0 Å². The van der Waals surface area contributed by atoms with Gasteiger partial charge in [0.25, 0.3) is 0 Å². The van der Waals surface area contributed by atoms with Crippen LogP contribution >= 0.6 is 0 Å². The molecule has 1 heterocycles. The average Bonchev–Trinajstić information content (AvgIpc) is 2.57. The summed E-state index contributed by atoms with van der Waals surface area (Å²) in [4.78, 5) is 0. The van der Waals surface area contributed by atoms with E-state index < -0.39 is 0 Å². The first-order valence-corrected chi connectivity index (χ1v) is 10.1. The zero-order chi connectivity index (χ0) is 16.6. The highest BCUT2D eigenvalue weighted by atomic mass is 79.9.